The molecule has 0 aromatic heterocycles. The molecule has 1 heterocycles. The summed E-state index contributed by atoms with van der Waals surface area (Å²) in [4.78, 5) is 16.8. The third kappa shape index (κ3) is 4.21. The van der Waals surface area contributed by atoms with Crippen molar-refractivity contribution >= 4 is 46.2 Å². The van der Waals surface area contributed by atoms with Gasteiger partial charge in [0.1, 0.15) is 11.6 Å². The molecule has 1 fully saturated rings. The highest BCUT2D eigenvalue weighted by atomic mass is 35.5. The Morgan fingerprint density at radius 1 is 1.28 bits per heavy atom. The summed E-state index contributed by atoms with van der Waals surface area (Å²) in [5.41, 5.74) is 0.862. The second-order valence-electron chi connectivity index (χ2n) is 5.04. The van der Waals surface area contributed by atoms with E-state index in [1.165, 1.54) is 18.2 Å². The van der Waals surface area contributed by atoms with E-state index in [-0.39, 0.29) is 16.5 Å². The molecule has 0 aliphatic carbocycles. The fourth-order valence-electron chi connectivity index (χ4n) is 2.16. The van der Waals surface area contributed by atoms with Crippen LogP contribution in [0.2, 0.25) is 5.02 Å². The molecule has 25 heavy (non-hydrogen) atoms. The van der Waals surface area contributed by atoms with Crippen molar-refractivity contribution < 1.29 is 13.9 Å². The van der Waals surface area contributed by atoms with Crippen molar-refractivity contribution in [2.24, 2.45) is 4.99 Å². The Hall–Kier alpha value is -2.31. The number of rotatable bonds is 4. The van der Waals surface area contributed by atoms with Crippen molar-refractivity contribution in [2.45, 2.75) is 6.92 Å². The van der Waals surface area contributed by atoms with E-state index in [4.69, 9.17) is 16.3 Å². The van der Waals surface area contributed by atoms with Gasteiger partial charge in [-0.05, 0) is 61.2 Å². The molecule has 1 amide bonds. The van der Waals surface area contributed by atoms with Gasteiger partial charge in [-0.1, -0.05) is 17.7 Å². The van der Waals surface area contributed by atoms with E-state index in [1.807, 2.05) is 6.92 Å². The summed E-state index contributed by atoms with van der Waals surface area (Å²) in [6.45, 7) is 2.50. The highest BCUT2D eigenvalue weighted by Gasteiger charge is 2.24. The number of carbonyl (C=O) groups excluding carboxylic acids is 1. The Morgan fingerprint density at radius 2 is 2.04 bits per heavy atom. The summed E-state index contributed by atoms with van der Waals surface area (Å²) in [5, 5.41) is 3.33. The smallest absolute Gasteiger partial charge is 0.264 e. The lowest BCUT2D eigenvalue weighted by Crippen LogP contribution is -2.19. The average Bonchev–Trinajstić information content (AvgIpc) is 2.92. The average molecular weight is 377 g/mol. The van der Waals surface area contributed by atoms with Gasteiger partial charge in [0.2, 0.25) is 0 Å². The second kappa shape index (κ2) is 7.72. The second-order valence-corrected chi connectivity index (χ2v) is 6.48. The molecule has 2 aromatic carbocycles. The van der Waals surface area contributed by atoms with Crippen LogP contribution >= 0.6 is 23.4 Å². The van der Waals surface area contributed by atoms with Crippen LogP contribution in [0.4, 0.5) is 10.1 Å². The fraction of sp³-hybridized carbons (Fsp3) is 0.111. The normalized spacial score (nSPS) is 17.2. The number of ether oxygens (including phenoxy) is 1. The summed E-state index contributed by atoms with van der Waals surface area (Å²) in [7, 11) is 0. The maximum atomic E-state index is 13.9. The SMILES string of the molecule is CCOc1ccc(N=C2NC(=O)/C(=C\c3c(F)cccc3Cl)S2)cc1. The van der Waals surface area contributed by atoms with E-state index in [1.54, 1.807) is 30.3 Å². The van der Waals surface area contributed by atoms with E-state index in [9.17, 15) is 9.18 Å². The number of nitrogens with one attached hydrogen (secondary N) is 1. The zero-order valence-electron chi connectivity index (χ0n) is 13.3. The number of nitrogens with zero attached hydrogens (tertiary/aromatic N) is 1. The Kier molecular flexibility index (Phi) is 5.40. The molecule has 0 atom stereocenters. The largest absolute Gasteiger partial charge is 0.494 e. The third-order valence-electron chi connectivity index (χ3n) is 3.30. The number of hydrogen-bond acceptors (Lipinski definition) is 4. The number of hydrogen-bond donors (Lipinski definition) is 1. The number of thioether (sulfide) groups is 1. The number of carbonyl (C=O) groups is 1. The van der Waals surface area contributed by atoms with Crippen LogP contribution in [0.5, 0.6) is 5.75 Å². The standard InChI is InChI=1S/C18H14ClFN2O2S/c1-2-24-12-8-6-11(7-9-12)21-18-22-17(23)16(25-18)10-13-14(19)4-3-5-15(13)20/h3-10H,2H2,1H3,(H,21,22,23)/b16-10+. The van der Waals surface area contributed by atoms with Gasteiger partial charge in [0.25, 0.3) is 5.91 Å². The molecule has 2 aromatic rings. The van der Waals surface area contributed by atoms with E-state index in [2.05, 4.69) is 10.3 Å². The first-order valence-electron chi connectivity index (χ1n) is 7.53. The van der Waals surface area contributed by atoms with Crippen LogP contribution in [-0.4, -0.2) is 17.7 Å². The van der Waals surface area contributed by atoms with Crippen molar-refractivity contribution in [3.05, 3.63) is 63.8 Å². The lowest BCUT2D eigenvalue weighted by molar-refractivity contribution is -0.115. The lowest BCUT2D eigenvalue weighted by atomic mass is 10.2. The monoisotopic (exact) mass is 376 g/mol. The molecule has 1 saturated heterocycles. The lowest BCUT2D eigenvalue weighted by Gasteiger charge is -2.02. The first-order valence-corrected chi connectivity index (χ1v) is 8.72. The van der Waals surface area contributed by atoms with Gasteiger partial charge >= 0.3 is 0 Å². The minimum absolute atomic E-state index is 0.184. The molecule has 0 radical (unpaired) electrons. The van der Waals surface area contributed by atoms with Gasteiger partial charge < -0.3 is 10.1 Å². The number of amides is 1. The molecule has 1 N–H and O–H groups in total. The fourth-order valence-corrected chi connectivity index (χ4v) is 3.20. The first kappa shape index (κ1) is 17.5. The van der Waals surface area contributed by atoms with E-state index in [0.29, 0.717) is 22.4 Å². The quantitative estimate of drug-likeness (QED) is 0.782. The van der Waals surface area contributed by atoms with Crippen LogP contribution in [0.25, 0.3) is 6.08 Å². The van der Waals surface area contributed by atoms with Gasteiger partial charge in [0.15, 0.2) is 5.17 Å². The Balaban J connectivity index is 1.81. The molecule has 0 saturated carbocycles. The van der Waals surface area contributed by atoms with Gasteiger partial charge in [-0.3, -0.25) is 4.79 Å². The molecule has 1 aliphatic heterocycles. The van der Waals surface area contributed by atoms with Crippen LogP contribution in [-0.2, 0) is 4.79 Å². The molecule has 0 bridgehead atoms. The third-order valence-corrected chi connectivity index (χ3v) is 4.54. The first-order chi connectivity index (χ1) is 12.1. The highest BCUT2D eigenvalue weighted by molar-refractivity contribution is 8.18. The van der Waals surface area contributed by atoms with Crippen molar-refractivity contribution in [2.75, 3.05) is 6.61 Å². The maximum absolute atomic E-state index is 13.9. The van der Waals surface area contributed by atoms with Crippen molar-refractivity contribution in [3.8, 4) is 5.75 Å². The predicted octanol–water partition coefficient (Wildman–Crippen LogP) is 4.77. The zero-order valence-corrected chi connectivity index (χ0v) is 14.8. The van der Waals surface area contributed by atoms with Crippen LogP contribution in [0.15, 0.2) is 52.4 Å². The summed E-state index contributed by atoms with van der Waals surface area (Å²) >= 11 is 7.13. The Morgan fingerprint density at radius 3 is 2.72 bits per heavy atom. The topological polar surface area (TPSA) is 50.7 Å². The van der Waals surface area contributed by atoms with Crippen LogP contribution in [0, 0.1) is 5.82 Å². The van der Waals surface area contributed by atoms with Gasteiger partial charge in [0.05, 0.1) is 22.2 Å². The van der Waals surface area contributed by atoms with Crippen LogP contribution < -0.4 is 10.1 Å². The molecular formula is C18H14ClFN2O2S. The maximum Gasteiger partial charge on any atom is 0.264 e. The molecule has 3 rings (SSSR count). The Bertz CT molecular complexity index is 846. The van der Waals surface area contributed by atoms with Gasteiger partial charge in [-0.15, -0.1) is 0 Å². The predicted molar refractivity (Wildman–Crippen MR) is 99.8 cm³/mol. The molecule has 128 valence electrons. The minimum atomic E-state index is -0.481. The molecule has 7 heteroatoms. The number of amidine groups is 1. The summed E-state index contributed by atoms with van der Waals surface area (Å²) in [6.07, 6.45) is 1.43. The molecule has 0 spiro atoms. The van der Waals surface area contributed by atoms with Crippen LogP contribution in [0.3, 0.4) is 0 Å². The summed E-state index contributed by atoms with van der Waals surface area (Å²) in [6, 6.07) is 11.6. The van der Waals surface area contributed by atoms with Gasteiger partial charge in [-0.25, -0.2) is 9.38 Å². The van der Waals surface area contributed by atoms with Crippen molar-refractivity contribution in [1.82, 2.24) is 5.32 Å². The molecular weight excluding hydrogens is 363 g/mol. The van der Waals surface area contributed by atoms with E-state index in [0.717, 1.165) is 17.5 Å². The summed E-state index contributed by atoms with van der Waals surface area (Å²) < 4.78 is 19.2. The number of benzene rings is 2. The van der Waals surface area contributed by atoms with Gasteiger partial charge in [0, 0.05) is 5.56 Å². The van der Waals surface area contributed by atoms with Crippen molar-refractivity contribution in [3.63, 3.8) is 0 Å². The van der Waals surface area contributed by atoms with Gasteiger partial charge in [-0.2, -0.15) is 0 Å². The minimum Gasteiger partial charge on any atom is -0.494 e. The summed E-state index contributed by atoms with van der Waals surface area (Å²) in [5.74, 6) is -0.0661. The van der Waals surface area contributed by atoms with E-state index >= 15 is 0 Å². The molecule has 4 nitrogen and oxygen atoms in total. The Labute approximate surface area is 153 Å². The molecule has 1 aliphatic rings. The van der Waals surface area contributed by atoms with E-state index < -0.39 is 5.82 Å². The zero-order chi connectivity index (χ0) is 17.8. The van der Waals surface area contributed by atoms with Crippen LogP contribution in [0.1, 0.15) is 12.5 Å². The number of halogens is 2. The highest BCUT2D eigenvalue weighted by Crippen LogP contribution is 2.31. The molecule has 0 unspecified atom stereocenters. The number of aliphatic imine (C=N–C) groups is 1. The van der Waals surface area contributed by atoms with Crippen molar-refractivity contribution in [1.29, 1.82) is 0 Å².